The Morgan fingerprint density at radius 3 is 2.37 bits per heavy atom. The first-order valence-electron chi connectivity index (χ1n) is 13.0. The minimum absolute atomic E-state index is 0.124. The van der Waals surface area contributed by atoms with Crippen molar-refractivity contribution in [1.82, 2.24) is 0 Å². The van der Waals surface area contributed by atoms with Crippen LogP contribution in [0.25, 0.3) is 16.8 Å². The maximum Gasteiger partial charge on any atom is 0.271 e. The van der Waals surface area contributed by atoms with Crippen molar-refractivity contribution in [2.75, 3.05) is 12.0 Å². The number of thioether (sulfide) groups is 1. The average Bonchev–Trinajstić information content (AvgIpc) is 3.30. The predicted octanol–water partition coefficient (Wildman–Crippen LogP) is 8.84. The van der Waals surface area contributed by atoms with Crippen LogP contribution in [-0.4, -0.2) is 18.2 Å². The normalized spacial score (nSPS) is 15.2. The Balaban J connectivity index is 1.31. The van der Waals surface area contributed by atoms with Crippen molar-refractivity contribution in [3.63, 3.8) is 0 Å². The SMILES string of the molecule is COc1cc(/C=C2/SC(=Nc3ccccc3)N(c3ccccc3)C2=O)cc(I)c1OCc1cccc2ccccc12. The Hall–Kier alpha value is -4.08. The molecular weight excluding hydrogens is 643 g/mol. The number of ether oxygens (including phenoxy) is 2. The second kappa shape index (κ2) is 12.2. The topological polar surface area (TPSA) is 51.1 Å². The van der Waals surface area contributed by atoms with Gasteiger partial charge in [0.05, 0.1) is 27.0 Å². The fourth-order valence-electron chi connectivity index (χ4n) is 4.65. The van der Waals surface area contributed by atoms with Crippen molar-refractivity contribution < 1.29 is 14.3 Å². The van der Waals surface area contributed by atoms with Crippen LogP contribution in [0.4, 0.5) is 11.4 Å². The van der Waals surface area contributed by atoms with Crippen LogP contribution >= 0.6 is 34.4 Å². The number of fused-ring (bicyclic) bond motifs is 1. The summed E-state index contributed by atoms with van der Waals surface area (Å²) >= 11 is 3.62. The summed E-state index contributed by atoms with van der Waals surface area (Å²) in [6.07, 6.45) is 1.88. The van der Waals surface area contributed by atoms with Crippen LogP contribution in [0.1, 0.15) is 11.1 Å². The highest BCUT2D eigenvalue weighted by Crippen LogP contribution is 2.40. The van der Waals surface area contributed by atoms with Gasteiger partial charge in [0, 0.05) is 0 Å². The second-order valence-corrected chi connectivity index (χ2v) is 11.4. The van der Waals surface area contributed by atoms with E-state index in [-0.39, 0.29) is 5.91 Å². The number of benzene rings is 5. The van der Waals surface area contributed by atoms with Crippen LogP contribution in [0, 0.1) is 3.57 Å². The van der Waals surface area contributed by atoms with Gasteiger partial charge in [0.2, 0.25) is 0 Å². The van der Waals surface area contributed by atoms with E-state index in [1.165, 1.54) is 17.1 Å². The molecule has 41 heavy (non-hydrogen) atoms. The molecule has 0 aliphatic carbocycles. The van der Waals surface area contributed by atoms with Crippen LogP contribution in [0.3, 0.4) is 0 Å². The van der Waals surface area contributed by atoms with Crippen LogP contribution < -0.4 is 14.4 Å². The smallest absolute Gasteiger partial charge is 0.271 e. The van der Waals surface area contributed by atoms with Gasteiger partial charge in [0.1, 0.15) is 6.61 Å². The van der Waals surface area contributed by atoms with Gasteiger partial charge in [0.15, 0.2) is 16.7 Å². The number of carbonyl (C=O) groups excluding carboxylic acids is 1. The van der Waals surface area contributed by atoms with E-state index in [9.17, 15) is 4.79 Å². The van der Waals surface area contributed by atoms with Crippen molar-refractivity contribution in [3.05, 3.63) is 135 Å². The van der Waals surface area contributed by atoms with E-state index in [0.717, 1.165) is 31.5 Å². The minimum Gasteiger partial charge on any atom is -0.493 e. The zero-order valence-corrected chi connectivity index (χ0v) is 25.1. The van der Waals surface area contributed by atoms with E-state index in [1.807, 2.05) is 97.1 Å². The van der Waals surface area contributed by atoms with Crippen molar-refractivity contribution in [1.29, 1.82) is 0 Å². The minimum atomic E-state index is -0.124. The quantitative estimate of drug-likeness (QED) is 0.129. The molecule has 1 heterocycles. The lowest BCUT2D eigenvalue weighted by Crippen LogP contribution is -2.28. The summed E-state index contributed by atoms with van der Waals surface area (Å²) < 4.78 is 12.9. The molecule has 1 aliphatic rings. The molecule has 0 N–H and O–H groups in total. The van der Waals surface area contributed by atoms with E-state index in [4.69, 9.17) is 14.5 Å². The maximum atomic E-state index is 13.7. The standard InChI is InChI=1S/C34H25IN2O3S/c1-39-30-20-23(19-29(35)32(30)40-22-25-13-10-12-24-11-8-9-18-28(24)25)21-31-33(38)37(27-16-6-3-7-17-27)34(41-31)36-26-14-4-2-5-15-26/h2-21H,22H2,1H3/b31-21+,36-34?. The Morgan fingerprint density at radius 1 is 0.878 bits per heavy atom. The largest absolute Gasteiger partial charge is 0.493 e. The Labute approximate surface area is 256 Å². The summed E-state index contributed by atoms with van der Waals surface area (Å²) in [7, 11) is 1.63. The molecule has 5 aromatic carbocycles. The first-order valence-corrected chi connectivity index (χ1v) is 14.9. The van der Waals surface area contributed by atoms with Gasteiger partial charge in [-0.05, 0) is 98.7 Å². The van der Waals surface area contributed by atoms with Crippen LogP contribution in [-0.2, 0) is 11.4 Å². The van der Waals surface area contributed by atoms with Crippen molar-refractivity contribution in [2.45, 2.75) is 6.61 Å². The number of nitrogens with zero attached hydrogens (tertiary/aromatic N) is 2. The third-order valence-corrected chi connectivity index (χ3v) is 8.37. The number of carbonyl (C=O) groups is 1. The molecule has 5 aromatic rings. The number of halogens is 1. The van der Waals surface area contributed by atoms with Crippen molar-refractivity contribution in [2.24, 2.45) is 4.99 Å². The number of hydrogen-bond acceptors (Lipinski definition) is 5. The number of anilines is 1. The molecule has 0 atom stereocenters. The van der Waals surface area contributed by atoms with Gasteiger partial charge in [-0.15, -0.1) is 0 Å². The highest BCUT2D eigenvalue weighted by molar-refractivity contribution is 14.1. The lowest BCUT2D eigenvalue weighted by atomic mass is 10.1. The van der Waals surface area contributed by atoms with Gasteiger partial charge < -0.3 is 9.47 Å². The molecule has 0 radical (unpaired) electrons. The number of methoxy groups -OCH3 is 1. The van der Waals surface area contributed by atoms with Gasteiger partial charge in [-0.1, -0.05) is 78.9 Å². The molecule has 0 spiro atoms. The number of hydrogen-bond donors (Lipinski definition) is 0. The lowest BCUT2D eigenvalue weighted by Gasteiger charge is -2.15. The molecule has 1 fully saturated rings. The number of amides is 1. The summed E-state index contributed by atoms with van der Waals surface area (Å²) in [6, 6.07) is 37.7. The third kappa shape index (κ3) is 5.87. The zero-order valence-electron chi connectivity index (χ0n) is 22.2. The summed E-state index contributed by atoms with van der Waals surface area (Å²) in [4.78, 5) is 20.7. The summed E-state index contributed by atoms with van der Waals surface area (Å²) in [5.41, 5.74) is 3.50. The first-order chi connectivity index (χ1) is 20.1. The fourth-order valence-corrected chi connectivity index (χ4v) is 6.43. The van der Waals surface area contributed by atoms with Gasteiger partial charge in [-0.25, -0.2) is 4.99 Å². The lowest BCUT2D eigenvalue weighted by molar-refractivity contribution is -0.113. The number of aliphatic imine (C=N–C) groups is 1. The molecule has 1 saturated heterocycles. The number of para-hydroxylation sites is 2. The average molecular weight is 669 g/mol. The van der Waals surface area contributed by atoms with Crippen LogP contribution in [0.2, 0.25) is 0 Å². The summed E-state index contributed by atoms with van der Waals surface area (Å²) in [6.45, 7) is 0.411. The highest BCUT2D eigenvalue weighted by atomic mass is 127. The predicted molar refractivity (Wildman–Crippen MR) is 177 cm³/mol. The van der Waals surface area contributed by atoms with E-state index >= 15 is 0 Å². The first kappa shape index (κ1) is 27.1. The molecule has 6 rings (SSSR count). The molecule has 0 aromatic heterocycles. The molecule has 0 saturated carbocycles. The van der Waals surface area contributed by atoms with E-state index in [2.05, 4.69) is 46.9 Å². The summed E-state index contributed by atoms with van der Waals surface area (Å²) in [5.74, 6) is 1.16. The van der Waals surface area contributed by atoms with E-state index in [0.29, 0.717) is 28.2 Å². The zero-order chi connectivity index (χ0) is 28.2. The van der Waals surface area contributed by atoms with Gasteiger partial charge >= 0.3 is 0 Å². The van der Waals surface area contributed by atoms with Gasteiger partial charge in [0.25, 0.3) is 5.91 Å². The van der Waals surface area contributed by atoms with Gasteiger partial charge in [-0.3, -0.25) is 9.69 Å². The van der Waals surface area contributed by atoms with Crippen molar-refractivity contribution >= 4 is 73.7 Å². The van der Waals surface area contributed by atoms with Crippen molar-refractivity contribution in [3.8, 4) is 11.5 Å². The third-order valence-electron chi connectivity index (χ3n) is 6.60. The van der Waals surface area contributed by atoms with E-state index < -0.39 is 0 Å². The summed E-state index contributed by atoms with van der Waals surface area (Å²) in [5, 5.41) is 2.95. The number of amidine groups is 1. The van der Waals surface area contributed by atoms with Crippen LogP contribution in [0.15, 0.2) is 125 Å². The van der Waals surface area contributed by atoms with Gasteiger partial charge in [-0.2, -0.15) is 0 Å². The van der Waals surface area contributed by atoms with Crippen LogP contribution in [0.5, 0.6) is 11.5 Å². The Kier molecular flexibility index (Phi) is 8.07. The molecule has 1 amide bonds. The Bertz CT molecular complexity index is 1780. The highest BCUT2D eigenvalue weighted by Gasteiger charge is 2.34. The molecule has 0 unspecified atom stereocenters. The molecule has 5 nitrogen and oxygen atoms in total. The molecule has 202 valence electrons. The molecular formula is C34H25IN2O3S. The second-order valence-electron chi connectivity index (χ2n) is 9.28. The molecule has 1 aliphatic heterocycles. The number of rotatable bonds is 7. The Morgan fingerprint density at radius 2 is 1.59 bits per heavy atom. The van der Waals surface area contributed by atoms with E-state index in [1.54, 1.807) is 12.0 Å². The molecule has 7 heteroatoms. The monoisotopic (exact) mass is 668 g/mol. The fraction of sp³-hybridized carbons (Fsp3) is 0.0588. The maximum absolute atomic E-state index is 13.7. The molecule has 0 bridgehead atoms.